The smallest absolute Gasteiger partial charge is 0.306 e. The maximum Gasteiger partial charge on any atom is 0.306 e. The summed E-state index contributed by atoms with van der Waals surface area (Å²) in [7, 11) is 0. The quantitative estimate of drug-likeness (QED) is 0.554. The van der Waals surface area contributed by atoms with Crippen LogP contribution in [0.2, 0.25) is 0 Å². The highest BCUT2D eigenvalue weighted by Crippen LogP contribution is 2.08. The maximum atomic E-state index is 10.3. The van der Waals surface area contributed by atoms with E-state index in [2.05, 4.69) is 5.10 Å². The van der Waals surface area contributed by atoms with E-state index in [9.17, 15) is 14.9 Å². The average Bonchev–Trinajstić information content (AvgIpc) is 2.52. The third-order valence-electron chi connectivity index (χ3n) is 1.61. The Hall–Kier alpha value is -1.92. The van der Waals surface area contributed by atoms with Gasteiger partial charge >= 0.3 is 11.7 Å². The molecule has 14 heavy (non-hydrogen) atoms. The van der Waals surface area contributed by atoms with Crippen molar-refractivity contribution in [2.45, 2.75) is 19.4 Å². The topological polar surface area (TPSA) is 98.3 Å². The summed E-state index contributed by atoms with van der Waals surface area (Å²) in [6.45, 7) is 0.375. The number of carbonyl (C=O) groups is 1. The number of aromatic nitrogens is 2. The van der Waals surface area contributed by atoms with Crippen molar-refractivity contribution in [1.82, 2.24) is 9.78 Å². The molecule has 1 heterocycles. The Morgan fingerprint density at radius 1 is 1.71 bits per heavy atom. The molecule has 0 saturated heterocycles. The lowest BCUT2D eigenvalue weighted by Gasteiger charge is -1.96. The minimum Gasteiger partial charge on any atom is -0.481 e. The molecule has 0 unspecified atom stereocenters. The molecular formula is C7H9N3O4. The van der Waals surface area contributed by atoms with Gasteiger partial charge in [0.1, 0.15) is 12.4 Å². The summed E-state index contributed by atoms with van der Waals surface area (Å²) in [5.41, 5.74) is -0.0830. The van der Waals surface area contributed by atoms with Crippen LogP contribution in [-0.2, 0) is 11.3 Å². The molecule has 0 radical (unpaired) electrons. The number of aryl methyl sites for hydroxylation is 1. The Kier molecular flexibility index (Phi) is 3.16. The first-order valence-corrected chi connectivity index (χ1v) is 3.98. The second kappa shape index (κ2) is 4.35. The summed E-state index contributed by atoms with van der Waals surface area (Å²) in [4.78, 5) is 19.9. The summed E-state index contributed by atoms with van der Waals surface area (Å²) >= 11 is 0. The Labute approximate surface area is 79.1 Å². The molecule has 0 aliphatic heterocycles. The molecule has 0 atom stereocenters. The summed E-state index contributed by atoms with van der Waals surface area (Å²) in [6, 6.07) is 0. The van der Waals surface area contributed by atoms with E-state index in [0.29, 0.717) is 13.0 Å². The number of aliphatic carboxylic acids is 1. The van der Waals surface area contributed by atoms with E-state index in [1.165, 1.54) is 10.9 Å². The van der Waals surface area contributed by atoms with E-state index in [-0.39, 0.29) is 12.1 Å². The Bertz CT molecular complexity index is 346. The van der Waals surface area contributed by atoms with Crippen LogP contribution in [0.15, 0.2) is 12.4 Å². The lowest BCUT2D eigenvalue weighted by molar-refractivity contribution is -0.385. The van der Waals surface area contributed by atoms with Crippen LogP contribution in [0.5, 0.6) is 0 Å². The summed E-state index contributed by atoms with van der Waals surface area (Å²) < 4.78 is 1.36. The first-order valence-electron chi connectivity index (χ1n) is 3.98. The molecule has 7 nitrogen and oxygen atoms in total. The molecule has 1 aromatic rings. The lowest BCUT2D eigenvalue weighted by atomic mass is 10.3. The summed E-state index contributed by atoms with van der Waals surface area (Å²) in [5, 5.41) is 22.3. The maximum absolute atomic E-state index is 10.3. The second-order valence-electron chi connectivity index (χ2n) is 2.72. The van der Waals surface area contributed by atoms with Crippen LogP contribution in [-0.4, -0.2) is 25.8 Å². The zero-order valence-electron chi connectivity index (χ0n) is 7.29. The van der Waals surface area contributed by atoms with Crippen molar-refractivity contribution in [1.29, 1.82) is 0 Å². The minimum absolute atomic E-state index is 0.0354. The minimum atomic E-state index is -0.883. The third kappa shape index (κ3) is 2.85. The van der Waals surface area contributed by atoms with Gasteiger partial charge in [0.05, 0.1) is 4.92 Å². The van der Waals surface area contributed by atoms with Crippen LogP contribution >= 0.6 is 0 Å². The normalized spacial score (nSPS) is 10.0. The van der Waals surface area contributed by atoms with E-state index < -0.39 is 10.9 Å². The van der Waals surface area contributed by atoms with E-state index in [4.69, 9.17) is 5.11 Å². The molecule has 0 amide bonds. The van der Waals surface area contributed by atoms with Crippen molar-refractivity contribution in [3.05, 3.63) is 22.5 Å². The summed E-state index contributed by atoms with van der Waals surface area (Å²) in [5.74, 6) is -0.883. The zero-order chi connectivity index (χ0) is 10.6. The van der Waals surface area contributed by atoms with Gasteiger partial charge in [0.25, 0.3) is 0 Å². The average molecular weight is 199 g/mol. The fraction of sp³-hybridized carbons (Fsp3) is 0.429. The Morgan fingerprint density at radius 2 is 2.43 bits per heavy atom. The van der Waals surface area contributed by atoms with Crippen LogP contribution in [0, 0.1) is 10.1 Å². The molecule has 76 valence electrons. The standard InChI is InChI=1S/C7H9N3O4/c11-7(12)2-1-3-9-5-6(4-8-9)10(13)14/h4-5H,1-3H2,(H,11,12). The molecule has 0 aromatic carbocycles. The zero-order valence-corrected chi connectivity index (χ0v) is 7.29. The van der Waals surface area contributed by atoms with Crippen LogP contribution in [0.3, 0.4) is 0 Å². The molecule has 0 aliphatic carbocycles. The van der Waals surface area contributed by atoms with Gasteiger partial charge in [-0.05, 0) is 6.42 Å². The predicted molar refractivity (Wildman–Crippen MR) is 45.8 cm³/mol. The van der Waals surface area contributed by atoms with Gasteiger partial charge in [-0.15, -0.1) is 0 Å². The number of carboxylic acid groups (broad SMARTS) is 1. The van der Waals surface area contributed by atoms with Gasteiger partial charge in [0, 0.05) is 13.0 Å². The van der Waals surface area contributed by atoms with Gasteiger partial charge in [-0.1, -0.05) is 0 Å². The fourth-order valence-electron chi connectivity index (χ4n) is 0.962. The first-order chi connectivity index (χ1) is 6.59. The molecular weight excluding hydrogens is 190 g/mol. The number of hydrogen-bond donors (Lipinski definition) is 1. The number of nitro groups is 1. The van der Waals surface area contributed by atoms with Crippen molar-refractivity contribution in [2.24, 2.45) is 0 Å². The van der Waals surface area contributed by atoms with Crippen molar-refractivity contribution < 1.29 is 14.8 Å². The Morgan fingerprint density at radius 3 is 2.93 bits per heavy atom. The van der Waals surface area contributed by atoms with Crippen molar-refractivity contribution >= 4 is 11.7 Å². The molecule has 0 aliphatic rings. The van der Waals surface area contributed by atoms with Gasteiger partial charge in [-0.3, -0.25) is 19.6 Å². The molecule has 0 bridgehead atoms. The molecule has 0 spiro atoms. The first kappa shape index (κ1) is 10.2. The van der Waals surface area contributed by atoms with E-state index >= 15 is 0 Å². The van der Waals surface area contributed by atoms with Crippen molar-refractivity contribution in [3.8, 4) is 0 Å². The van der Waals surface area contributed by atoms with Gasteiger partial charge in [-0.2, -0.15) is 5.10 Å². The SMILES string of the molecule is O=C(O)CCCn1cc([N+](=O)[O-])cn1. The molecule has 0 saturated carbocycles. The fourth-order valence-corrected chi connectivity index (χ4v) is 0.962. The van der Waals surface area contributed by atoms with Gasteiger partial charge in [-0.25, -0.2) is 0 Å². The van der Waals surface area contributed by atoms with E-state index in [0.717, 1.165) is 6.20 Å². The highest BCUT2D eigenvalue weighted by molar-refractivity contribution is 5.66. The number of rotatable bonds is 5. The van der Waals surface area contributed by atoms with Gasteiger partial charge in [0.2, 0.25) is 0 Å². The largest absolute Gasteiger partial charge is 0.481 e. The Balaban J connectivity index is 2.44. The van der Waals surface area contributed by atoms with E-state index in [1.54, 1.807) is 0 Å². The molecule has 0 fully saturated rings. The predicted octanol–water partition coefficient (Wildman–Crippen LogP) is 0.656. The molecule has 1 rings (SSSR count). The number of hydrogen-bond acceptors (Lipinski definition) is 4. The highest BCUT2D eigenvalue weighted by atomic mass is 16.6. The number of carboxylic acids is 1. The van der Waals surface area contributed by atoms with Crippen LogP contribution in [0.1, 0.15) is 12.8 Å². The summed E-state index contributed by atoms with van der Waals surface area (Å²) in [6.07, 6.45) is 2.87. The second-order valence-corrected chi connectivity index (χ2v) is 2.72. The molecule has 1 aromatic heterocycles. The van der Waals surface area contributed by atoms with Crippen LogP contribution in [0.4, 0.5) is 5.69 Å². The van der Waals surface area contributed by atoms with Crippen molar-refractivity contribution in [2.75, 3.05) is 0 Å². The van der Waals surface area contributed by atoms with Gasteiger partial charge in [0.15, 0.2) is 0 Å². The monoisotopic (exact) mass is 199 g/mol. The third-order valence-corrected chi connectivity index (χ3v) is 1.61. The van der Waals surface area contributed by atoms with E-state index in [1.807, 2.05) is 0 Å². The highest BCUT2D eigenvalue weighted by Gasteiger charge is 2.08. The lowest BCUT2D eigenvalue weighted by Crippen LogP contribution is -2.02. The van der Waals surface area contributed by atoms with Crippen molar-refractivity contribution in [3.63, 3.8) is 0 Å². The van der Waals surface area contributed by atoms with Crippen LogP contribution < -0.4 is 0 Å². The molecule has 7 heteroatoms. The van der Waals surface area contributed by atoms with Gasteiger partial charge < -0.3 is 5.11 Å². The van der Waals surface area contributed by atoms with Crippen LogP contribution in [0.25, 0.3) is 0 Å². The molecule has 1 N–H and O–H groups in total. The number of nitrogens with zero attached hydrogens (tertiary/aromatic N) is 3.